The van der Waals surface area contributed by atoms with Gasteiger partial charge in [-0.1, -0.05) is 141 Å². The summed E-state index contributed by atoms with van der Waals surface area (Å²) >= 11 is 0. The summed E-state index contributed by atoms with van der Waals surface area (Å²) in [5.41, 5.74) is 0. The molecule has 0 aromatic rings. The third-order valence-corrected chi connectivity index (χ3v) is 8.99. The van der Waals surface area contributed by atoms with Crippen molar-refractivity contribution < 1.29 is 38.5 Å². The third-order valence-electron chi connectivity index (χ3n) is 8.99. The molecule has 0 heterocycles. The second kappa shape index (κ2) is 38.6. The van der Waals surface area contributed by atoms with Crippen LogP contribution in [0.15, 0.2) is 24.3 Å². The fourth-order valence-corrected chi connectivity index (χ4v) is 5.77. The quantitative estimate of drug-likeness (QED) is 0.0290. The number of ether oxygens (including phenoxy) is 3. The minimum atomic E-state index is -1.10. The number of esters is 3. The van der Waals surface area contributed by atoms with Gasteiger partial charge >= 0.3 is 23.9 Å². The molecule has 1 atom stereocenters. The maximum absolute atomic E-state index is 12.5. The maximum atomic E-state index is 12.5. The van der Waals surface area contributed by atoms with E-state index in [0.29, 0.717) is 6.42 Å². The van der Waals surface area contributed by atoms with Gasteiger partial charge in [-0.3, -0.25) is 19.2 Å². The van der Waals surface area contributed by atoms with Gasteiger partial charge in [-0.05, 0) is 64.2 Å². The molecule has 8 heteroatoms. The van der Waals surface area contributed by atoms with Crippen molar-refractivity contribution >= 4 is 23.9 Å². The van der Waals surface area contributed by atoms with Crippen LogP contribution in [0.3, 0.4) is 0 Å². The van der Waals surface area contributed by atoms with Gasteiger partial charge in [0.1, 0.15) is 13.2 Å². The first-order valence-corrected chi connectivity index (χ1v) is 20.9. The molecule has 0 rings (SSSR count). The number of rotatable bonds is 38. The smallest absolute Gasteiger partial charge is 0.306 e. The number of aliphatic carboxylic acids is 1. The predicted octanol–water partition coefficient (Wildman–Crippen LogP) is 11.9. The number of carboxylic acid groups (broad SMARTS) is 1. The van der Waals surface area contributed by atoms with E-state index in [2.05, 4.69) is 38.2 Å². The van der Waals surface area contributed by atoms with E-state index in [1.807, 2.05) is 0 Å². The number of hydrogen-bond donors (Lipinski definition) is 1. The Morgan fingerprint density at radius 1 is 0.431 bits per heavy atom. The molecule has 0 aliphatic carbocycles. The van der Waals surface area contributed by atoms with Crippen molar-refractivity contribution in [2.75, 3.05) is 13.2 Å². The SMILES string of the molecule is CCCCCCCC/C=C/CCCCCCCCC(=O)OC(COC(=O)CCCCCC/C=C/CCCCCCCC)COC(=O)CCC(=O)O. The van der Waals surface area contributed by atoms with E-state index in [-0.39, 0.29) is 44.9 Å². The molecule has 0 aliphatic rings. The van der Waals surface area contributed by atoms with E-state index in [4.69, 9.17) is 19.3 Å². The lowest BCUT2D eigenvalue weighted by Crippen LogP contribution is -2.31. The van der Waals surface area contributed by atoms with Crippen molar-refractivity contribution in [2.45, 2.75) is 213 Å². The van der Waals surface area contributed by atoms with Crippen molar-refractivity contribution in [3.63, 3.8) is 0 Å². The van der Waals surface area contributed by atoms with Crippen molar-refractivity contribution in [3.8, 4) is 0 Å². The van der Waals surface area contributed by atoms with E-state index < -0.39 is 24.0 Å². The summed E-state index contributed by atoms with van der Waals surface area (Å²) in [4.78, 5) is 47.6. The van der Waals surface area contributed by atoms with Crippen molar-refractivity contribution in [3.05, 3.63) is 24.3 Å². The zero-order valence-corrected chi connectivity index (χ0v) is 32.8. The molecule has 0 saturated heterocycles. The van der Waals surface area contributed by atoms with Crippen molar-refractivity contribution in [1.82, 2.24) is 0 Å². The van der Waals surface area contributed by atoms with Gasteiger partial charge in [0.05, 0.1) is 12.8 Å². The minimum absolute atomic E-state index is 0.201. The van der Waals surface area contributed by atoms with Crippen LogP contribution in [-0.2, 0) is 33.4 Å². The summed E-state index contributed by atoms with van der Waals surface area (Å²) in [5.74, 6) is -2.59. The van der Waals surface area contributed by atoms with Gasteiger partial charge in [-0.15, -0.1) is 0 Å². The highest BCUT2D eigenvalue weighted by Gasteiger charge is 2.20. The Labute approximate surface area is 311 Å². The average molecular weight is 721 g/mol. The van der Waals surface area contributed by atoms with Gasteiger partial charge in [0, 0.05) is 12.8 Å². The summed E-state index contributed by atoms with van der Waals surface area (Å²) in [7, 11) is 0. The Hall–Kier alpha value is -2.64. The molecule has 0 aromatic heterocycles. The second-order valence-electron chi connectivity index (χ2n) is 14.0. The first kappa shape index (κ1) is 48.4. The van der Waals surface area contributed by atoms with Crippen LogP contribution in [-0.4, -0.2) is 48.3 Å². The van der Waals surface area contributed by atoms with E-state index in [0.717, 1.165) is 64.2 Å². The molecule has 0 aromatic carbocycles. The lowest BCUT2D eigenvalue weighted by atomic mass is 10.1. The first-order valence-electron chi connectivity index (χ1n) is 20.9. The molecule has 0 fully saturated rings. The van der Waals surface area contributed by atoms with Crippen LogP contribution in [0.2, 0.25) is 0 Å². The Bertz CT molecular complexity index is 896. The summed E-state index contributed by atoms with van der Waals surface area (Å²) in [5, 5.41) is 8.80. The highest BCUT2D eigenvalue weighted by atomic mass is 16.6. The predicted molar refractivity (Wildman–Crippen MR) is 208 cm³/mol. The third kappa shape index (κ3) is 38.4. The number of hydrogen-bond acceptors (Lipinski definition) is 7. The Morgan fingerprint density at radius 3 is 1.16 bits per heavy atom. The molecule has 296 valence electrons. The summed E-state index contributed by atoms with van der Waals surface area (Å²) in [6.07, 6.45) is 38.7. The summed E-state index contributed by atoms with van der Waals surface area (Å²) < 4.78 is 16.0. The van der Waals surface area contributed by atoms with Gasteiger partial charge in [-0.2, -0.15) is 0 Å². The Balaban J connectivity index is 4.16. The largest absolute Gasteiger partial charge is 0.481 e. The van der Waals surface area contributed by atoms with Gasteiger partial charge in [0.15, 0.2) is 6.10 Å². The highest BCUT2D eigenvalue weighted by Crippen LogP contribution is 2.13. The number of carboxylic acids is 1. The topological polar surface area (TPSA) is 116 Å². The zero-order chi connectivity index (χ0) is 37.5. The van der Waals surface area contributed by atoms with Crippen LogP contribution in [0, 0.1) is 0 Å². The molecule has 8 nitrogen and oxygen atoms in total. The monoisotopic (exact) mass is 721 g/mol. The fourth-order valence-electron chi connectivity index (χ4n) is 5.77. The lowest BCUT2D eigenvalue weighted by molar-refractivity contribution is -0.167. The van der Waals surface area contributed by atoms with Crippen LogP contribution in [0.4, 0.5) is 0 Å². The number of carbonyl (C=O) groups excluding carboxylic acids is 3. The van der Waals surface area contributed by atoms with Crippen LogP contribution in [0.5, 0.6) is 0 Å². The van der Waals surface area contributed by atoms with Gasteiger partial charge < -0.3 is 19.3 Å². The first-order chi connectivity index (χ1) is 24.9. The van der Waals surface area contributed by atoms with Crippen LogP contribution < -0.4 is 0 Å². The molecule has 0 saturated carbocycles. The van der Waals surface area contributed by atoms with Gasteiger partial charge in [0.25, 0.3) is 0 Å². The van der Waals surface area contributed by atoms with Gasteiger partial charge in [0.2, 0.25) is 0 Å². The molecule has 51 heavy (non-hydrogen) atoms. The molecule has 0 spiro atoms. The number of carbonyl (C=O) groups is 4. The number of unbranched alkanes of at least 4 members (excludes halogenated alkanes) is 22. The second-order valence-corrected chi connectivity index (χ2v) is 14.0. The lowest BCUT2D eigenvalue weighted by Gasteiger charge is -2.18. The fraction of sp³-hybridized carbons (Fsp3) is 0.814. The van der Waals surface area contributed by atoms with Crippen LogP contribution >= 0.6 is 0 Å². The summed E-state index contributed by atoms with van der Waals surface area (Å²) in [6.45, 7) is 4.01. The molecule has 0 radical (unpaired) electrons. The molecular weight excluding hydrogens is 644 g/mol. The van der Waals surface area contributed by atoms with Crippen molar-refractivity contribution in [1.29, 1.82) is 0 Å². The molecule has 1 N–H and O–H groups in total. The van der Waals surface area contributed by atoms with E-state index >= 15 is 0 Å². The molecular formula is C43H76O8. The minimum Gasteiger partial charge on any atom is -0.481 e. The Kier molecular flexibility index (Phi) is 36.6. The van der Waals surface area contributed by atoms with Crippen LogP contribution in [0.1, 0.15) is 206 Å². The molecule has 1 unspecified atom stereocenters. The van der Waals surface area contributed by atoms with Gasteiger partial charge in [-0.25, -0.2) is 0 Å². The maximum Gasteiger partial charge on any atom is 0.306 e. The average Bonchev–Trinajstić information content (AvgIpc) is 3.11. The van der Waals surface area contributed by atoms with Crippen molar-refractivity contribution in [2.24, 2.45) is 0 Å². The van der Waals surface area contributed by atoms with Crippen LogP contribution in [0.25, 0.3) is 0 Å². The molecule has 0 amide bonds. The molecule has 0 bridgehead atoms. The standard InChI is InChI=1S/C43H76O8/c1-3-5-7-9-11-13-15-17-19-20-22-24-26-28-30-32-34-43(48)51-39(38-50-42(47)36-35-40(44)45)37-49-41(46)33-31-29-27-25-23-21-18-16-14-12-10-8-6-4-2/h17-19,21,39H,3-16,20,22-38H2,1-2H3,(H,44,45)/b19-17+,21-18+. The highest BCUT2D eigenvalue weighted by molar-refractivity contribution is 5.76. The number of allylic oxidation sites excluding steroid dienone is 4. The van der Waals surface area contributed by atoms with E-state index in [1.165, 1.54) is 96.3 Å². The normalized spacial score (nSPS) is 12.0. The van der Waals surface area contributed by atoms with E-state index in [9.17, 15) is 19.2 Å². The van der Waals surface area contributed by atoms with E-state index in [1.54, 1.807) is 0 Å². The zero-order valence-electron chi connectivity index (χ0n) is 32.8. The summed E-state index contributed by atoms with van der Waals surface area (Å²) in [6, 6.07) is 0. The molecule has 0 aliphatic heterocycles. The Morgan fingerprint density at radius 2 is 0.765 bits per heavy atom.